The van der Waals surface area contributed by atoms with Crippen molar-refractivity contribution >= 4 is 11.8 Å². The minimum absolute atomic E-state index is 0.0124. The number of hydrogen-bond donors (Lipinski definition) is 1. The summed E-state index contributed by atoms with van der Waals surface area (Å²) in [7, 11) is 0. The molecule has 2 amide bonds. The second-order valence-corrected chi connectivity index (χ2v) is 6.91. The van der Waals surface area contributed by atoms with Crippen LogP contribution in [0.25, 0.3) is 0 Å². The van der Waals surface area contributed by atoms with Crippen molar-refractivity contribution in [1.82, 2.24) is 19.8 Å². The lowest BCUT2D eigenvalue weighted by Gasteiger charge is -2.44. The summed E-state index contributed by atoms with van der Waals surface area (Å²) in [5, 5.41) is 3.39. The van der Waals surface area contributed by atoms with Crippen LogP contribution in [0.5, 0.6) is 0 Å². The van der Waals surface area contributed by atoms with Gasteiger partial charge in [0.2, 0.25) is 0 Å². The highest BCUT2D eigenvalue weighted by Crippen LogP contribution is 2.23. The van der Waals surface area contributed by atoms with Gasteiger partial charge in [-0.15, -0.1) is 0 Å². The number of carbonyl (C=O) groups excluding carboxylic acids is 1. The third-order valence-corrected chi connectivity index (χ3v) is 4.07. The smallest absolute Gasteiger partial charge is 0.320 e. The molecular formula is C15H23N5O. The number of hydrogen-bond acceptors (Lipinski definition) is 4. The minimum Gasteiger partial charge on any atom is -0.364 e. The van der Waals surface area contributed by atoms with Crippen LogP contribution in [0, 0.1) is 0 Å². The SMILES string of the molecule is CC(C)(C)c1cc(NC2CN(C(=O)N3CCC3)C2)ncn1. The van der Waals surface area contributed by atoms with Gasteiger partial charge in [0.25, 0.3) is 0 Å². The largest absolute Gasteiger partial charge is 0.364 e. The summed E-state index contributed by atoms with van der Waals surface area (Å²) in [5.41, 5.74) is 1.03. The van der Waals surface area contributed by atoms with Crippen molar-refractivity contribution < 1.29 is 4.79 Å². The van der Waals surface area contributed by atoms with Crippen molar-refractivity contribution in [1.29, 1.82) is 0 Å². The van der Waals surface area contributed by atoms with E-state index in [0.29, 0.717) is 0 Å². The van der Waals surface area contributed by atoms with Crippen LogP contribution in [-0.4, -0.2) is 58.0 Å². The number of urea groups is 1. The lowest BCUT2D eigenvalue weighted by atomic mass is 9.92. The molecule has 2 saturated heterocycles. The molecule has 2 fully saturated rings. The highest BCUT2D eigenvalue weighted by Gasteiger charge is 2.35. The molecule has 1 aromatic rings. The fourth-order valence-corrected chi connectivity index (χ4v) is 2.49. The number of likely N-dealkylation sites (tertiary alicyclic amines) is 2. The fourth-order valence-electron chi connectivity index (χ4n) is 2.49. The molecule has 114 valence electrons. The molecule has 3 heterocycles. The average Bonchev–Trinajstić information content (AvgIpc) is 2.30. The van der Waals surface area contributed by atoms with E-state index in [9.17, 15) is 4.79 Å². The van der Waals surface area contributed by atoms with Crippen molar-refractivity contribution in [3.63, 3.8) is 0 Å². The topological polar surface area (TPSA) is 61.4 Å². The normalized spacial score (nSPS) is 19.0. The number of rotatable bonds is 2. The predicted octanol–water partition coefficient (Wildman–Crippen LogP) is 1.70. The molecule has 6 heteroatoms. The number of nitrogens with zero attached hydrogens (tertiary/aromatic N) is 4. The standard InChI is InChI=1S/C15H23N5O/c1-15(2,3)12-7-13(17-10-16-12)18-11-8-20(9-11)14(21)19-5-4-6-19/h7,10-11H,4-6,8-9H2,1-3H3,(H,16,17,18). The van der Waals surface area contributed by atoms with Crippen molar-refractivity contribution in [2.45, 2.75) is 38.6 Å². The Balaban J connectivity index is 1.53. The van der Waals surface area contributed by atoms with E-state index in [2.05, 4.69) is 36.1 Å². The van der Waals surface area contributed by atoms with E-state index in [1.54, 1.807) is 6.33 Å². The van der Waals surface area contributed by atoms with Crippen molar-refractivity contribution in [3.8, 4) is 0 Å². The van der Waals surface area contributed by atoms with Gasteiger partial charge in [-0.05, 0) is 6.42 Å². The number of carbonyl (C=O) groups is 1. The first-order valence-electron chi connectivity index (χ1n) is 7.56. The van der Waals surface area contributed by atoms with Gasteiger partial charge in [0.05, 0.1) is 11.7 Å². The molecule has 0 unspecified atom stereocenters. The number of anilines is 1. The van der Waals surface area contributed by atoms with Crippen LogP contribution in [-0.2, 0) is 5.41 Å². The highest BCUT2D eigenvalue weighted by molar-refractivity contribution is 5.76. The van der Waals surface area contributed by atoms with Crippen LogP contribution < -0.4 is 5.32 Å². The molecule has 0 saturated carbocycles. The summed E-state index contributed by atoms with van der Waals surface area (Å²) in [5.74, 6) is 0.843. The van der Waals surface area contributed by atoms with E-state index >= 15 is 0 Å². The van der Waals surface area contributed by atoms with Crippen LogP contribution in [0.1, 0.15) is 32.9 Å². The van der Waals surface area contributed by atoms with Crippen LogP contribution in [0.3, 0.4) is 0 Å². The molecule has 2 aliphatic heterocycles. The van der Waals surface area contributed by atoms with Gasteiger partial charge in [-0.3, -0.25) is 0 Å². The van der Waals surface area contributed by atoms with E-state index < -0.39 is 0 Å². The van der Waals surface area contributed by atoms with Gasteiger partial charge in [0.15, 0.2) is 0 Å². The molecule has 0 spiro atoms. The van der Waals surface area contributed by atoms with E-state index in [1.807, 2.05) is 15.9 Å². The molecule has 3 rings (SSSR count). The Morgan fingerprint density at radius 1 is 1.24 bits per heavy atom. The lowest BCUT2D eigenvalue weighted by Crippen LogP contribution is -2.62. The summed E-state index contributed by atoms with van der Waals surface area (Å²) in [6.07, 6.45) is 2.74. The van der Waals surface area contributed by atoms with Crippen LogP contribution in [0.15, 0.2) is 12.4 Å². The van der Waals surface area contributed by atoms with E-state index in [4.69, 9.17) is 0 Å². The van der Waals surface area contributed by atoms with Crippen LogP contribution >= 0.6 is 0 Å². The zero-order valence-corrected chi connectivity index (χ0v) is 13.0. The first-order chi connectivity index (χ1) is 9.93. The van der Waals surface area contributed by atoms with Crippen LogP contribution in [0.4, 0.5) is 10.6 Å². The third-order valence-electron chi connectivity index (χ3n) is 4.07. The van der Waals surface area contributed by atoms with Gasteiger partial charge in [-0.2, -0.15) is 0 Å². The van der Waals surface area contributed by atoms with Gasteiger partial charge < -0.3 is 15.1 Å². The monoisotopic (exact) mass is 289 g/mol. The summed E-state index contributed by atoms with van der Waals surface area (Å²) in [4.78, 5) is 24.4. The van der Waals surface area contributed by atoms with Gasteiger partial charge in [0.1, 0.15) is 12.1 Å². The Bertz CT molecular complexity index is 529. The van der Waals surface area contributed by atoms with Crippen molar-refractivity contribution in [2.75, 3.05) is 31.5 Å². The molecule has 1 N–H and O–H groups in total. The van der Waals surface area contributed by atoms with Gasteiger partial charge >= 0.3 is 6.03 Å². The zero-order valence-electron chi connectivity index (χ0n) is 13.0. The predicted molar refractivity (Wildman–Crippen MR) is 81.3 cm³/mol. The van der Waals surface area contributed by atoms with E-state index in [-0.39, 0.29) is 17.5 Å². The van der Waals surface area contributed by atoms with Gasteiger partial charge in [0, 0.05) is 37.7 Å². The maximum absolute atomic E-state index is 12.0. The second kappa shape index (κ2) is 5.16. The molecule has 1 aromatic heterocycles. The Morgan fingerprint density at radius 2 is 1.95 bits per heavy atom. The first kappa shape index (κ1) is 14.1. The Morgan fingerprint density at radius 3 is 2.52 bits per heavy atom. The summed E-state index contributed by atoms with van der Waals surface area (Å²) >= 11 is 0. The van der Waals surface area contributed by atoms with Crippen LogP contribution in [0.2, 0.25) is 0 Å². The minimum atomic E-state index is 0.0124. The Hall–Kier alpha value is -1.85. The molecular weight excluding hydrogens is 266 g/mol. The first-order valence-corrected chi connectivity index (χ1v) is 7.56. The quantitative estimate of drug-likeness (QED) is 0.900. The summed E-state index contributed by atoms with van der Waals surface area (Å²) in [6.45, 7) is 9.73. The molecule has 21 heavy (non-hydrogen) atoms. The number of nitrogens with one attached hydrogen (secondary N) is 1. The maximum atomic E-state index is 12.0. The number of aromatic nitrogens is 2. The second-order valence-electron chi connectivity index (χ2n) is 6.91. The van der Waals surface area contributed by atoms with Crippen molar-refractivity contribution in [2.24, 2.45) is 0 Å². The molecule has 0 bridgehead atoms. The van der Waals surface area contributed by atoms with Gasteiger partial charge in [-0.1, -0.05) is 20.8 Å². The lowest BCUT2D eigenvalue weighted by molar-refractivity contribution is 0.0987. The zero-order chi connectivity index (χ0) is 15.0. The highest BCUT2D eigenvalue weighted by atomic mass is 16.2. The summed E-state index contributed by atoms with van der Waals surface area (Å²) < 4.78 is 0. The van der Waals surface area contributed by atoms with Gasteiger partial charge in [-0.25, -0.2) is 14.8 Å². The fraction of sp³-hybridized carbons (Fsp3) is 0.667. The molecule has 0 radical (unpaired) electrons. The van der Waals surface area contributed by atoms with E-state index in [1.165, 1.54) is 0 Å². The molecule has 0 aliphatic carbocycles. The molecule has 0 aromatic carbocycles. The van der Waals surface area contributed by atoms with E-state index in [0.717, 1.165) is 44.1 Å². The molecule has 6 nitrogen and oxygen atoms in total. The molecule has 0 atom stereocenters. The molecule has 2 aliphatic rings. The maximum Gasteiger partial charge on any atom is 0.320 e. The Kier molecular flexibility index (Phi) is 3.47. The number of amides is 2. The third kappa shape index (κ3) is 2.94. The van der Waals surface area contributed by atoms with Crippen molar-refractivity contribution in [3.05, 3.63) is 18.1 Å². The average molecular weight is 289 g/mol. The Labute approximate surface area is 125 Å². The summed E-state index contributed by atoms with van der Waals surface area (Å²) in [6, 6.07) is 2.47.